The number of piperazine rings is 1. The second kappa shape index (κ2) is 6.21. The first kappa shape index (κ1) is 13.4. The van der Waals surface area contributed by atoms with Crippen LogP contribution in [0, 0.1) is 0 Å². The van der Waals surface area contributed by atoms with E-state index in [-0.39, 0.29) is 0 Å². The Morgan fingerprint density at radius 2 is 1.89 bits per heavy atom. The van der Waals surface area contributed by atoms with Crippen molar-refractivity contribution in [2.45, 2.75) is 26.3 Å². The second-order valence-electron chi connectivity index (χ2n) is 5.47. The van der Waals surface area contributed by atoms with Gasteiger partial charge in [-0.15, -0.1) is 0 Å². The average molecular weight is 247 g/mol. The molecule has 1 heterocycles. The number of hydrogen-bond acceptors (Lipinski definition) is 3. The Labute approximate surface area is 111 Å². The van der Waals surface area contributed by atoms with E-state index >= 15 is 0 Å². The molecule has 3 nitrogen and oxygen atoms in total. The molecule has 0 saturated carbocycles. The van der Waals surface area contributed by atoms with Crippen molar-refractivity contribution in [2.75, 3.05) is 38.5 Å². The molecule has 1 aliphatic rings. The first-order valence-electron chi connectivity index (χ1n) is 6.96. The van der Waals surface area contributed by atoms with Gasteiger partial charge in [-0.25, -0.2) is 0 Å². The smallest absolute Gasteiger partial charge is 0.0316 e. The number of nitrogens with two attached hydrogens (primary N) is 1. The van der Waals surface area contributed by atoms with Gasteiger partial charge in [-0.3, -0.25) is 4.90 Å². The molecule has 0 radical (unpaired) electrons. The molecular formula is C15H25N3. The van der Waals surface area contributed by atoms with Gasteiger partial charge in [0.2, 0.25) is 0 Å². The van der Waals surface area contributed by atoms with Gasteiger partial charge in [-0.2, -0.15) is 0 Å². The first-order chi connectivity index (χ1) is 8.65. The van der Waals surface area contributed by atoms with Crippen LogP contribution in [-0.2, 0) is 6.42 Å². The van der Waals surface area contributed by atoms with Gasteiger partial charge in [-0.1, -0.05) is 12.1 Å². The van der Waals surface area contributed by atoms with Gasteiger partial charge >= 0.3 is 0 Å². The van der Waals surface area contributed by atoms with Gasteiger partial charge in [0.1, 0.15) is 0 Å². The fourth-order valence-electron chi connectivity index (χ4n) is 2.54. The maximum absolute atomic E-state index is 5.80. The number of benzene rings is 1. The summed E-state index contributed by atoms with van der Waals surface area (Å²) in [5, 5.41) is 0. The molecule has 0 aromatic heterocycles. The fraction of sp³-hybridized carbons (Fsp3) is 0.600. The molecule has 1 fully saturated rings. The highest BCUT2D eigenvalue weighted by atomic mass is 15.3. The molecule has 0 bridgehead atoms. The Hall–Kier alpha value is -1.06. The zero-order valence-electron chi connectivity index (χ0n) is 11.6. The summed E-state index contributed by atoms with van der Waals surface area (Å²) in [5.41, 5.74) is 8.02. The van der Waals surface area contributed by atoms with Crippen LogP contribution >= 0.6 is 0 Å². The van der Waals surface area contributed by atoms with Gasteiger partial charge in [0.15, 0.2) is 0 Å². The Morgan fingerprint density at radius 1 is 1.17 bits per heavy atom. The van der Waals surface area contributed by atoms with Crippen LogP contribution in [0.2, 0.25) is 0 Å². The quantitative estimate of drug-likeness (QED) is 0.824. The van der Waals surface area contributed by atoms with E-state index in [0.29, 0.717) is 6.04 Å². The van der Waals surface area contributed by atoms with E-state index in [1.807, 2.05) is 12.1 Å². The maximum Gasteiger partial charge on any atom is 0.0316 e. The Balaban J connectivity index is 1.75. The predicted octanol–water partition coefficient (Wildman–Crippen LogP) is 1.84. The molecule has 0 amide bonds. The summed E-state index contributed by atoms with van der Waals surface area (Å²) in [5.74, 6) is 0. The molecule has 100 valence electrons. The van der Waals surface area contributed by atoms with Crippen LogP contribution in [0.3, 0.4) is 0 Å². The normalized spacial score (nSPS) is 18.4. The molecule has 1 aromatic carbocycles. The minimum absolute atomic E-state index is 0.682. The number of nitrogens with zero attached hydrogens (tertiary/aromatic N) is 2. The number of nitrogen functional groups attached to an aromatic ring is 1. The molecule has 2 N–H and O–H groups in total. The molecule has 1 aliphatic heterocycles. The number of hydrogen-bond donors (Lipinski definition) is 1. The second-order valence-corrected chi connectivity index (χ2v) is 5.47. The van der Waals surface area contributed by atoms with Crippen molar-refractivity contribution in [1.82, 2.24) is 9.80 Å². The third-order valence-corrected chi connectivity index (χ3v) is 3.80. The lowest BCUT2D eigenvalue weighted by Crippen LogP contribution is -2.49. The predicted molar refractivity (Wildman–Crippen MR) is 77.7 cm³/mol. The van der Waals surface area contributed by atoms with E-state index in [1.165, 1.54) is 31.7 Å². The van der Waals surface area contributed by atoms with Crippen LogP contribution in [0.5, 0.6) is 0 Å². The third-order valence-electron chi connectivity index (χ3n) is 3.80. The van der Waals surface area contributed by atoms with Crippen LogP contribution < -0.4 is 5.73 Å². The van der Waals surface area contributed by atoms with Gasteiger partial charge in [-0.05, 0) is 38.0 Å². The Morgan fingerprint density at radius 3 is 2.50 bits per heavy atom. The van der Waals surface area contributed by atoms with Crippen molar-refractivity contribution in [3.05, 3.63) is 29.8 Å². The molecule has 1 saturated heterocycles. The van der Waals surface area contributed by atoms with Crippen LogP contribution in [0.15, 0.2) is 24.3 Å². The van der Waals surface area contributed by atoms with Crippen molar-refractivity contribution in [3.8, 4) is 0 Å². The molecule has 18 heavy (non-hydrogen) atoms. The van der Waals surface area contributed by atoms with E-state index in [0.717, 1.165) is 18.7 Å². The lowest BCUT2D eigenvalue weighted by molar-refractivity contribution is 0.109. The third kappa shape index (κ3) is 3.72. The number of anilines is 1. The summed E-state index contributed by atoms with van der Waals surface area (Å²) in [7, 11) is 0. The summed E-state index contributed by atoms with van der Waals surface area (Å²) in [4.78, 5) is 5.11. The zero-order valence-corrected chi connectivity index (χ0v) is 11.6. The lowest BCUT2D eigenvalue weighted by Gasteiger charge is -2.36. The molecule has 2 rings (SSSR count). The summed E-state index contributed by atoms with van der Waals surface area (Å²) in [6.45, 7) is 10.5. The maximum atomic E-state index is 5.80. The topological polar surface area (TPSA) is 32.5 Å². The van der Waals surface area contributed by atoms with Crippen molar-refractivity contribution in [3.63, 3.8) is 0 Å². The standard InChI is InChI=1S/C15H25N3/c1-13(2)18-10-8-17(9-11-18)7-6-14-4-3-5-15(16)12-14/h3-5,12-13H,6-11,16H2,1-2H3. The van der Waals surface area contributed by atoms with Crippen LogP contribution in [0.25, 0.3) is 0 Å². The van der Waals surface area contributed by atoms with Crippen LogP contribution in [0.1, 0.15) is 19.4 Å². The van der Waals surface area contributed by atoms with Gasteiger partial charge in [0.05, 0.1) is 0 Å². The molecule has 0 aliphatic carbocycles. The van der Waals surface area contributed by atoms with Gasteiger partial charge in [0, 0.05) is 44.5 Å². The highest BCUT2D eigenvalue weighted by Crippen LogP contribution is 2.10. The zero-order chi connectivity index (χ0) is 13.0. The molecule has 0 spiro atoms. The monoisotopic (exact) mass is 247 g/mol. The van der Waals surface area contributed by atoms with E-state index in [4.69, 9.17) is 5.73 Å². The minimum atomic E-state index is 0.682. The first-order valence-corrected chi connectivity index (χ1v) is 6.96. The van der Waals surface area contributed by atoms with Crippen molar-refractivity contribution >= 4 is 5.69 Å². The molecule has 0 atom stereocenters. The van der Waals surface area contributed by atoms with E-state index in [1.54, 1.807) is 0 Å². The Kier molecular flexibility index (Phi) is 4.61. The Bertz CT molecular complexity index is 368. The fourth-order valence-corrected chi connectivity index (χ4v) is 2.54. The van der Waals surface area contributed by atoms with Gasteiger partial charge in [0.25, 0.3) is 0 Å². The minimum Gasteiger partial charge on any atom is -0.399 e. The molecule has 1 aromatic rings. The summed E-state index contributed by atoms with van der Waals surface area (Å²) in [6.07, 6.45) is 1.10. The SMILES string of the molecule is CC(C)N1CCN(CCc2cccc(N)c2)CC1. The van der Waals surface area contributed by atoms with Crippen LogP contribution in [-0.4, -0.2) is 48.6 Å². The summed E-state index contributed by atoms with van der Waals surface area (Å²) < 4.78 is 0. The summed E-state index contributed by atoms with van der Waals surface area (Å²) >= 11 is 0. The number of rotatable bonds is 4. The van der Waals surface area contributed by atoms with E-state index in [9.17, 15) is 0 Å². The lowest BCUT2D eigenvalue weighted by atomic mass is 10.1. The molecule has 3 heteroatoms. The highest BCUT2D eigenvalue weighted by Gasteiger charge is 2.18. The van der Waals surface area contributed by atoms with E-state index < -0.39 is 0 Å². The largest absolute Gasteiger partial charge is 0.399 e. The van der Waals surface area contributed by atoms with E-state index in [2.05, 4.69) is 35.8 Å². The van der Waals surface area contributed by atoms with Crippen molar-refractivity contribution < 1.29 is 0 Å². The molecule has 0 unspecified atom stereocenters. The average Bonchev–Trinajstić information content (AvgIpc) is 2.37. The highest BCUT2D eigenvalue weighted by molar-refractivity contribution is 5.40. The van der Waals surface area contributed by atoms with Crippen molar-refractivity contribution in [2.24, 2.45) is 0 Å². The van der Waals surface area contributed by atoms with Crippen LogP contribution in [0.4, 0.5) is 5.69 Å². The van der Waals surface area contributed by atoms with Crippen molar-refractivity contribution in [1.29, 1.82) is 0 Å². The summed E-state index contributed by atoms with van der Waals surface area (Å²) in [6, 6.07) is 8.93. The van der Waals surface area contributed by atoms with Gasteiger partial charge < -0.3 is 10.6 Å². The molecular weight excluding hydrogens is 222 g/mol.